The number of benzene rings is 1. The van der Waals surface area contributed by atoms with E-state index in [-0.39, 0.29) is 5.69 Å². The van der Waals surface area contributed by atoms with Crippen LogP contribution in [0.3, 0.4) is 0 Å². The van der Waals surface area contributed by atoms with Crippen LogP contribution in [-0.4, -0.2) is 30.7 Å². The van der Waals surface area contributed by atoms with E-state index in [9.17, 15) is 18.4 Å². The van der Waals surface area contributed by atoms with Gasteiger partial charge in [0.25, 0.3) is 5.91 Å². The second kappa shape index (κ2) is 6.62. The molecule has 0 aliphatic carbocycles. The van der Waals surface area contributed by atoms with Gasteiger partial charge in [-0.2, -0.15) is 0 Å². The predicted octanol–water partition coefficient (Wildman–Crippen LogP) is 2.01. The van der Waals surface area contributed by atoms with Crippen LogP contribution in [0.1, 0.15) is 19.8 Å². The fourth-order valence-corrected chi connectivity index (χ4v) is 1.89. The van der Waals surface area contributed by atoms with Crippen molar-refractivity contribution in [2.45, 2.75) is 32.0 Å². The van der Waals surface area contributed by atoms with Gasteiger partial charge in [0.1, 0.15) is 11.6 Å². The van der Waals surface area contributed by atoms with Gasteiger partial charge < -0.3 is 14.8 Å². The molecule has 2 rings (SSSR count). The summed E-state index contributed by atoms with van der Waals surface area (Å²) in [5.41, 5.74) is -0.179. The highest BCUT2D eigenvalue weighted by Crippen LogP contribution is 2.17. The molecule has 7 heteroatoms. The Hall–Kier alpha value is -2.02. The molecular weight excluding hydrogens is 284 g/mol. The number of ether oxygens (including phenoxy) is 2. The second-order valence-corrected chi connectivity index (χ2v) is 4.69. The quantitative estimate of drug-likeness (QED) is 0.864. The van der Waals surface area contributed by atoms with Crippen molar-refractivity contribution in [2.75, 3.05) is 11.9 Å². The van der Waals surface area contributed by atoms with Crippen molar-refractivity contribution >= 4 is 17.6 Å². The van der Waals surface area contributed by atoms with Gasteiger partial charge in [0, 0.05) is 12.7 Å². The lowest BCUT2D eigenvalue weighted by Gasteiger charge is -2.16. The maximum absolute atomic E-state index is 13.4. The number of anilines is 1. The summed E-state index contributed by atoms with van der Waals surface area (Å²) >= 11 is 0. The highest BCUT2D eigenvalue weighted by Gasteiger charge is 2.28. The number of hydrogen-bond acceptors (Lipinski definition) is 4. The number of nitrogens with one attached hydrogen (secondary N) is 1. The predicted molar refractivity (Wildman–Crippen MR) is 69.5 cm³/mol. The third-order valence-corrected chi connectivity index (χ3v) is 3.04. The van der Waals surface area contributed by atoms with E-state index >= 15 is 0 Å². The zero-order valence-electron chi connectivity index (χ0n) is 11.4. The van der Waals surface area contributed by atoms with E-state index in [1.807, 2.05) is 0 Å². The highest BCUT2D eigenvalue weighted by molar-refractivity contribution is 5.95. The zero-order valence-corrected chi connectivity index (χ0v) is 11.4. The minimum atomic E-state index is -1.11. The first-order valence-corrected chi connectivity index (χ1v) is 6.55. The molecule has 114 valence electrons. The first-order valence-electron chi connectivity index (χ1n) is 6.55. The molecule has 1 heterocycles. The van der Waals surface area contributed by atoms with Crippen molar-refractivity contribution < 1.29 is 27.8 Å². The summed E-state index contributed by atoms with van der Waals surface area (Å²) in [6.07, 6.45) is -0.435. The molecule has 1 fully saturated rings. The second-order valence-electron chi connectivity index (χ2n) is 4.69. The number of amides is 1. The first-order chi connectivity index (χ1) is 9.97. The molecule has 21 heavy (non-hydrogen) atoms. The van der Waals surface area contributed by atoms with Crippen molar-refractivity contribution in [1.82, 2.24) is 0 Å². The SMILES string of the molecule is C[C@@H](OC(=O)[C@@H]1CCCO1)C(=O)Nc1ccc(F)cc1F. The molecule has 0 bridgehead atoms. The molecular formula is C14H15F2NO4. The van der Waals surface area contributed by atoms with Gasteiger partial charge in [0.2, 0.25) is 0 Å². The first kappa shape index (κ1) is 15.4. The lowest BCUT2D eigenvalue weighted by atomic mass is 10.2. The van der Waals surface area contributed by atoms with Crippen LogP contribution < -0.4 is 5.32 Å². The van der Waals surface area contributed by atoms with Crippen molar-refractivity contribution in [2.24, 2.45) is 0 Å². The molecule has 0 unspecified atom stereocenters. The van der Waals surface area contributed by atoms with Crippen molar-refractivity contribution in [3.63, 3.8) is 0 Å². The van der Waals surface area contributed by atoms with Crippen LogP contribution >= 0.6 is 0 Å². The van der Waals surface area contributed by atoms with E-state index in [2.05, 4.69) is 5.32 Å². The van der Waals surface area contributed by atoms with Crippen molar-refractivity contribution in [1.29, 1.82) is 0 Å². The molecule has 1 aromatic carbocycles. The zero-order chi connectivity index (χ0) is 15.4. The van der Waals surface area contributed by atoms with E-state index in [4.69, 9.17) is 9.47 Å². The number of carbonyl (C=O) groups is 2. The Morgan fingerprint density at radius 2 is 2.19 bits per heavy atom. The molecule has 1 aliphatic rings. The fraction of sp³-hybridized carbons (Fsp3) is 0.429. The van der Waals surface area contributed by atoms with Crippen LogP contribution in [0.2, 0.25) is 0 Å². The van der Waals surface area contributed by atoms with Gasteiger partial charge in [-0.3, -0.25) is 4.79 Å². The maximum atomic E-state index is 13.4. The molecule has 1 N–H and O–H groups in total. The van der Waals surface area contributed by atoms with Gasteiger partial charge in [-0.1, -0.05) is 0 Å². The third kappa shape index (κ3) is 3.98. The number of halogens is 2. The summed E-state index contributed by atoms with van der Waals surface area (Å²) in [5, 5.41) is 2.23. The lowest BCUT2D eigenvalue weighted by Crippen LogP contribution is -2.34. The summed E-state index contributed by atoms with van der Waals surface area (Å²) in [6, 6.07) is 2.76. The summed E-state index contributed by atoms with van der Waals surface area (Å²) in [5.74, 6) is -2.97. The van der Waals surface area contributed by atoms with Gasteiger partial charge in [-0.05, 0) is 31.9 Å². The molecule has 0 spiro atoms. The minimum absolute atomic E-state index is 0.179. The smallest absolute Gasteiger partial charge is 0.336 e. The van der Waals surface area contributed by atoms with Gasteiger partial charge in [-0.15, -0.1) is 0 Å². The van der Waals surface area contributed by atoms with Crippen LogP contribution in [0.4, 0.5) is 14.5 Å². The molecule has 5 nitrogen and oxygen atoms in total. The largest absolute Gasteiger partial charge is 0.451 e. The molecule has 0 radical (unpaired) electrons. The monoisotopic (exact) mass is 299 g/mol. The van der Waals surface area contributed by atoms with Crippen LogP contribution in [0, 0.1) is 11.6 Å². The Morgan fingerprint density at radius 1 is 1.43 bits per heavy atom. The van der Waals surface area contributed by atoms with E-state index in [1.54, 1.807) is 0 Å². The summed E-state index contributed by atoms with van der Waals surface area (Å²) < 4.78 is 36.2. The topological polar surface area (TPSA) is 64.6 Å². The summed E-state index contributed by atoms with van der Waals surface area (Å²) in [6.45, 7) is 1.85. The van der Waals surface area contributed by atoms with Crippen LogP contribution in [0.25, 0.3) is 0 Å². The Balaban J connectivity index is 1.91. The van der Waals surface area contributed by atoms with E-state index in [0.29, 0.717) is 19.1 Å². The van der Waals surface area contributed by atoms with Crippen LogP contribution in [-0.2, 0) is 19.1 Å². The number of hydrogen-bond donors (Lipinski definition) is 1. The van der Waals surface area contributed by atoms with Gasteiger partial charge in [0.15, 0.2) is 12.2 Å². The van der Waals surface area contributed by atoms with E-state index in [1.165, 1.54) is 6.92 Å². The fourth-order valence-electron chi connectivity index (χ4n) is 1.89. The lowest BCUT2D eigenvalue weighted by molar-refractivity contribution is -0.162. The number of esters is 1. The molecule has 1 aromatic rings. The maximum Gasteiger partial charge on any atom is 0.336 e. The number of carbonyl (C=O) groups excluding carboxylic acids is 2. The molecule has 0 saturated carbocycles. The van der Waals surface area contributed by atoms with Crippen molar-refractivity contribution in [3.05, 3.63) is 29.8 Å². The highest BCUT2D eigenvalue weighted by atomic mass is 19.1. The third-order valence-electron chi connectivity index (χ3n) is 3.04. The van der Waals surface area contributed by atoms with Gasteiger partial charge in [-0.25, -0.2) is 13.6 Å². The van der Waals surface area contributed by atoms with Gasteiger partial charge >= 0.3 is 5.97 Å². The van der Waals surface area contributed by atoms with Crippen LogP contribution in [0.5, 0.6) is 0 Å². The normalized spacial score (nSPS) is 19.1. The average Bonchev–Trinajstić information content (AvgIpc) is 2.95. The summed E-state index contributed by atoms with van der Waals surface area (Å²) in [4.78, 5) is 23.5. The molecule has 1 aliphatic heterocycles. The average molecular weight is 299 g/mol. The Kier molecular flexibility index (Phi) is 4.85. The molecule has 1 saturated heterocycles. The molecule has 1 amide bonds. The minimum Gasteiger partial charge on any atom is -0.451 e. The Morgan fingerprint density at radius 3 is 2.81 bits per heavy atom. The van der Waals surface area contributed by atoms with Crippen molar-refractivity contribution in [3.8, 4) is 0 Å². The van der Waals surface area contributed by atoms with E-state index < -0.39 is 35.7 Å². The Bertz CT molecular complexity index is 544. The van der Waals surface area contributed by atoms with Crippen LogP contribution in [0.15, 0.2) is 18.2 Å². The molecule has 2 atom stereocenters. The van der Waals surface area contributed by atoms with E-state index in [0.717, 1.165) is 18.6 Å². The van der Waals surface area contributed by atoms with Gasteiger partial charge in [0.05, 0.1) is 5.69 Å². The standard InChI is InChI=1S/C14H15F2NO4/c1-8(21-14(19)12-3-2-6-20-12)13(18)17-11-5-4-9(15)7-10(11)16/h4-5,7-8,12H,2-3,6H2,1H3,(H,17,18)/t8-,12+/m1/s1. The number of rotatable bonds is 4. The summed E-state index contributed by atoms with van der Waals surface area (Å²) in [7, 11) is 0. The Labute approximate surface area is 120 Å². The molecule has 0 aromatic heterocycles.